The molecule has 34 heavy (non-hydrogen) atoms. The molecule has 0 aliphatic carbocycles. The molecule has 0 unspecified atom stereocenters. The second-order valence-corrected chi connectivity index (χ2v) is 8.87. The zero-order chi connectivity index (χ0) is 24.5. The number of rotatable bonds is 8. The number of ketones is 1. The molecule has 0 aromatic heterocycles. The van der Waals surface area contributed by atoms with Crippen molar-refractivity contribution in [3.05, 3.63) is 46.3 Å². The summed E-state index contributed by atoms with van der Waals surface area (Å²) in [6.07, 6.45) is 0. The molecule has 2 aromatic rings. The number of carbonyl (C=O) groups is 1. The van der Waals surface area contributed by atoms with Crippen LogP contribution in [0.25, 0.3) is 0 Å². The summed E-state index contributed by atoms with van der Waals surface area (Å²) < 4.78 is 31.5. The molecule has 1 aliphatic rings. The van der Waals surface area contributed by atoms with Gasteiger partial charge in [0, 0.05) is 17.7 Å². The Labute approximate surface area is 210 Å². The Morgan fingerprint density at radius 2 is 1.79 bits per heavy atom. The summed E-state index contributed by atoms with van der Waals surface area (Å²) in [6, 6.07) is 4.81. The van der Waals surface area contributed by atoms with Crippen LogP contribution in [0.3, 0.4) is 0 Å². The van der Waals surface area contributed by atoms with E-state index in [1.54, 1.807) is 26.0 Å². The molecule has 0 saturated carbocycles. The van der Waals surface area contributed by atoms with Crippen LogP contribution in [-0.4, -0.2) is 48.5 Å². The Morgan fingerprint density at radius 3 is 2.35 bits per heavy atom. The Hall–Kier alpha value is -2.81. The van der Waals surface area contributed by atoms with Crippen LogP contribution in [0.5, 0.6) is 23.0 Å². The first-order chi connectivity index (χ1) is 15.5. The number of amidine groups is 1. The van der Waals surface area contributed by atoms with Gasteiger partial charge in [-0.2, -0.15) is 0 Å². The van der Waals surface area contributed by atoms with E-state index in [0.717, 1.165) is 0 Å². The second kappa shape index (κ2) is 10.6. The van der Waals surface area contributed by atoms with Crippen molar-refractivity contribution in [1.29, 1.82) is 5.41 Å². The van der Waals surface area contributed by atoms with Crippen molar-refractivity contribution < 1.29 is 28.5 Å². The van der Waals surface area contributed by atoms with Gasteiger partial charge in [0.1, 0.15) is 5.84 Å². The zero-order valence-electron chi connectivity index (χ0n) is 20.4. The summed E-state index contributed by atoms with van der Waals surface area (Å²) in [4.78, 5) is 14.7. The largest absolute Gasteiger partial charge is 0.504 e. The highest BCUT2D eigenvalue weighted by molar-refractivity contribution is 8.93. The average Bonchev–Trinajstić information content (AvgIpc) is 3.05. The Bertz CT molecular complexity index is 1100. The minimum Gasteiger partial charge on any atom is -0.504 e. The molecule has 0 spiro atoms. The average molecular weight is 539 g/mol. The second-order valence-electron chi connectivity index (χ2n) is 8.87. The molecule has 0 saturated heterocycles. The molecule has 1 aliphatic heterocycles. The van der Waals surface area contributed by atoms with E-state index in [9.17, 15) is 9.90 Å². The third kappa shape index (κ3) is 5.14. The number of ether oxygens (including phenoxy) is 3. The van der Waals surface area contributed by atoms with Crippen molar-refractivity contribution >= 4 is 28.6 Å². The number of phenolic OH excluding ortho intramolecular Hbond substituents is 1. The number of hydrogen-bond acceptors (Lipinski definition) is 6. The summed E-state index contributed by atoms with van der Waals surface area (Å²) in [5.74, 6) is -0.535. The third-order valence-corrected chi connectivity index (χ3v) is 5.53. The number of fused-ring (bicyclic) bond motifs is 1. The van der Waals surface area contributed by atoms with Gasteiger partial charge in [-0.1, -0.05) is 20.8 Å². The molecule has 0 radical (unpaired) electrons. The predicted molar refractivity (Wildman–Crippen MR) is 134 cm³/mol. The van der Waals surface area contributed by atoms with Gasteiger partial charge < -0.3 is 24.2 Å². The van der Waals surface area contributed by atoms with Gasteiger partial charge in [0.15, 0.2) is 34.6 Å². The highest BCUT2D eigenvalue weighted by atomic mass is 79.9. The standard InChI is InChI=1S/C25H31FN2O5.BrH/c1-7-32-19-11-15-12-28(24(27)20(15)21(26)23(19)33-8-2)13-17(29)14-9-16(25(3,4)5)22(30)18(10-14)31-6;/h9-11,27,30H,7-8,12-13H2,1-6H3;1H. The van der Waals surface area contributed by atoms with Crippen LogP contribution >= 0.6 is 17.0 Å². The first kappa shape index (κ1) is 27.4. The molecule has 0 amide bonds. The monoisotopic (exact) mass is 538 g/mol. The molecule has 0 atom stereocenters. The smallest absolute Gasteiger partial charge is 0.197 e. The zero-order valence-corrected chi connectivity index (χ0v) is 22.1. The summed E-state index contributed by atoms with van der Waals surface area (Å²) in [6.45, 7) is 10.00. The molecule has 1 heterocycles. The number of phenols is 1. The van der Waals surface area contributed by atoms with Crippen molar-refractivity contribution in [3.8, 4) is 23.0 Å². The number of nitrogens with zero attached hydrogens (tertiary/aromatic N) is 1. The summed E-state index contributed by atoms with van der Waals surface area (Å²) in [5.41, 5.74) is 1.20. The molecule has 9 heteroatoms. The van der Waals surface area contributed by atoms with Crippen LogP contribution in [0.1, 0.15) is 61.7 Å². The van der Waals surface area contributed by atoms with E-state index in [1.165, 1.54) is 18.1 Å². The van der Waals surface area contributed by atoms with Gasteiger partial charge in [0.2, 0.25) is 0 Å². The molecular weight excluding hydrogens is 507 g/mol. The van der Waals surface area contributed by atoms with Crippen LogP contribution in [0.15, 0.2) is 18.2 Å². The molecule has 186 valence electrons. The van der Waals surface area contributed by atoms with Crippen molar-refractivity contribution in [2.24, 2.45) is 0 Å². The number of methoxy groups -OCH3 is 1. The minimum absolute atomic E-state index is 0. The van der Waals surface area contributed by atoms with Gasteiger partial charge in [-0.15, -0.1) is 17.0 Å². The molecule has 2 aromatic carbocycles. The molecular formula is C25H32BrFN2O5. The third-order valence-electron chi connectivity index (χ3n) is 5.53. The SMILES string of the molecule is Br.CCOc1cc2c(c(F)c1OCC)C(=N)N(CC(=O)c1cc(OC)c(O)c(C(C)(C)C)c1)C2. The van der Waals surface area contributed by atoms with E-state index in [-0.39, 0.29) is 76.9 Å². The first-order valence-corrected chi connectivity index (χ1v) is 10.9. The predicted octanol–water partition coefficient (Wildman–Crippen LogP) is 5.24. The fourth-order valence-electron chi connectivity index (χ4n) is 3.92. The fraction of sp³-hybridized carbons (Fsp3) is 0.440. The summed E-state index contributed by atoms with van der Waals surface area (Å²) in [7, 11) is 1.43. The summed E-state index contributed by atoms with van der Waals surface area (Å²) >= 11 is 0. The molecule has 0 fully saturated rings. The van der Waals surface area contributed by atoms with Crippen molar-refractivity contribution in [2.45, 2.75) is 46.6 Å². The number of Topliss-reactive ketones (excluding diaryl/α,β-unsaturated/α-hetero) is 1. The maximum absolute atomic E-state index is 15.3. The first-order valence-electron chi connectivity index (χ1n) is 10.9. The minimum atomic E-state index is -0.654. The van der Waals surface area contributed by atoms with Crippen molar-refractivity contribution in [2.75, 3.05) is 26.9 Å². The Kier molecular flexibility index (Phi) is 8.58. The van der Waals surface area contributed by atoms with Crippen molar-refractivity contribution in [1.82, 2.24) is 4.90 Å². The number of hydrogen-bond donors (Lipinski definition) is 2. The lowest BCUT2D eigenvalue weighted by Crippen LogP contribution is -2.30. The van der Waals surface area contributed by atoms with E-state index in [4.69, 9.17) is 19.6 Å². The lowest BCUT2D eigenvalue weighted by Gasteiger charge is -2.23. The van der Waals surface area contributed by atoms with E-state index >= 15 is 4.39 Å². The van der Waals surface area contributed by atoms with E-state index in [2.05, 4.69) is 0 Å². The van der Waals surface area contributed by atoms with Gasteiger partial charge in [-0.25, -0.2) is 4.39 Å². The van der Waals surface area contributed by atoms with Crippen LogP contribution in [0, 0.1) is 11.2 Å². The number of halogens is 2. The number of carbonyl (C=O) groups excluding carboxylic acids is 1. The Balaban J connectivity index is 0.00000408. The maximum atomic E-state index is 15.3. The number of aromatic hydroxyl groups is 1. The van der Waals surface area contributed by atoms with Crippen LogP contribution < -0.4 is 14.2 Å². The molecule has 7 nitrogen and oxygen atoms in total. The van der Waals surface area contributed by atoms with E-state index < -0.39 is 11.2 Å². The lowest BCUT2D eigenvalue weighted by molar-refractivity contribution is 0.0962. The fourth-order valence-corrected chi connectivity index (χ4v) is 3.92. The van der Waals surface area contributed by atoms with Crippen molar-refractivity contribution in [3.63, 3.8) is 0 Å². The molecule has 2 N–H and O–H groups in total. The maximum Gasteiger partial charge on any atom is 0.197 e. The van der Waals surface area contributed by atoms with Crippen LogP contribution in [-0.2, 0) is 12.0 Å². The van der Waals surface area contributed by atoms with Gasteiger partial charge >= 0.3 is 0 Å². The summed E-state index contributed by atoms with van der Waals surface area (Å²) in [5, 5.41) is 19.0. The highest BCUT2D eigenvalue weighted by Crippen LogP contribution is 2.40. The molecule has 0 bridgehead atoms. The normalized spacial score (nSPS) is 12.8. The topological polar surface area (TPSA) is 92.1 Å². The van der Waals surface area contributed by atoms with Gasteiger partial charge in [-0.3, -0.25) is 10.2 Å². The molecule has 3 rings (SSSR count). The van der Waals surface area contributed by atoms with Crippen LogP contribution in [0.2, 0.25) is 0 Å². The number of benzene rings is 2. The quantitative estimate of drug-likeness (QED) is 0.446. The highest BCUT2D eigenvalue weighted by Gasteiger charge is 2.33. The van der Waals surface area contributed by atoms with Crippen LogP contribution in [0.4, 0.5) is 4.39 Å². The lowest BCUT2D eigenvalue weighted by atomic mass is 9.84. The van der Waals surface area contributed by atoms with E-state index in [0.29, 0.717) is 23.3 Å². The Morgan fingerprint density at radius 1 is 1.15 bits per heavy atom. The van der Waals surface area contributed by atoms with Gasteiger partial charge in [-0.05, 0) is 43.0 Å². The van der Waals surface area contributed by atoms with Gasteiger partial charge in [0.05, 0.1) is 32.4 Å². The van der Waals surface area contributed by atoms with Gasteiger partial charge in [0.25, 0.3) is 0 Å². The van der Waals surface area contributed by atoms with E-state index in [1.807, 2.05) is 20.8 Å². The number of nitrogens with one attached hydrogen (secondary N) is 1.